The van der Waals surface area contributed by atoms with E-state index in [1.165, 1.54) is 12.1 Å². The Labute approximate surface area is 122 Å². The number of alkyl halides is 3. The molecule has 1 N–H and O–H groups in total. The van der Waals surface area contributed by atoms with Crippen LogP contribution in [0, 0.1) is 11.3 Å². The van der Waals surface area contributed by atoms with Crippen molar-refractivity contribution >= 4 is 5.78 Å². The summed E-state index contributed by atoms with van der Waals surface area (Å²) in [4.78, 5) is 12.6. The molecular formula is C16H20F3NO. The van der Waals surface area contributed by atoms with E-state index in [0.29, 0.717) is 5.56 Å². The first-order valence-corrected chi connectivity index (χ1v) is 7.15. The fourth-order valence-electron chi connectivity index (χ4n) is 2.84. The second-order valence-corrected chi connectivity index (χ2v) is 6.17. The summed E-state index contributed by atoms with van der Waals surface area (Å²) in [6.07, 6.45) is -2.38. The third-order valence-electron chi connectivity index (χ3n) is 4.38. The summed E-state index contributed by atoms with van der Waals surface area (Å²) in [7, 11) is 0. The lowest BCUT2D eigenvalue weighted by Crippen LogP contribution is -2.42. The number of halogens is 3. The molecule has 1 atom stereocenters. The van der Waals surface area contributed by atoms with Gasteiger partial charge in [-0.25, -0.2) is 0 Å². The number of ketones is 1. The Kier molecular flexibility index (Phi) is 4.42. The molecule has 2 nitrogen and oxygen atoms in total. The molecule has 1 aromatic carbocycles. The quantitative estimate of drug-likeness (QED) is 0.857. The molecule has 0 spiro atoms. The van der Waals surface area contributed by atoms with Crippen molar-refractivity contribution in [2.75, 3.05) is 13.1 Å². The first-order valence-electron chi connectivity index (χ1n) is 7.15. The molecule has 116 valence electrons. The van der Waals surface area contributed by atoms with Gasteiger partial charge < -0.3 is 5.32 Å². The molecule has 2 rings (SSSR count). The van der Waals surface area contributed by atoms with E-state index in [0.717, 1.165) is 38.1 Å². The van der Waals surface area contributed by atoms with Crippen LogP contribution in [0.3, 0.4) is 0 Å². The van der Waals surface area contributed by atoms with Gasteiger partial charge in [-0.15, -0.1) is 0 Å². The van der Waals surface area contributed by atoms with Crippen LogP contribution >= 0.6 is 0 Å². The van der Waals surface area contributed by atoms with E-state index in [2.05, 4.69) is 5.32 Å². The molecule has 5 heteroatoms. The van der Waals surface area contributed by atoms with Gasteiger partial charge in [0.2, 0.25) is 0 Å². The molecule has 0 aliphatic carbocycles. The molecule has 1 aliphatic heterocycles. The molecule has 0 saturated carbocycles. The SMILES string of the molecule is CC(C)(C(=O)c1ccc(C(F)(F)F)cc1)C1CCCNC1. The third-order valence-corrected chi connectivity index (χ3v) is 4.38. The van der Waals surface area contributed by atoms with Crippen molar-refractivity contribution < 1.29 is 18.0 Å². The average Bonchev–Trinajstić information content (AvgIpc) is 2.46. The number of benzene rings is 1. The zero-order valence-electron chi connectivity index (χ0n) is 12.3. The lowest BCUT2D eigenvalue weighted by atomic mass is 9.70. The van der Waals surface area contributed by atoms with Crippen LogP contribution in [0.25, 0.3) is 0 Å². The Morgan fingerprint density at radius 3 is 2.29 bits per heavy atom. The predicted molar refractivity (Wildman–Crippen MR) is 75.1 cm³/mol. The molecule has 1 saturated heterocycles. The summed E-state index contributed by atoms with van der Waals surface area (Å²) >= 11 is 0. The Balaban J connectivity index is 2.18. The van der Waals surface area contributed by atoms with Crippen LogP contribution in [-0.2, 0) is 6.18 Å². The molecule has 1 fully saturated rings. The fourth-order valence-corrected chi connectivity index (χ4v) is 2.84. The number of piperidine rings is 1. The second-order valence-electron chi connectivity index (χ2n) is 6.17. The number of carbonyl (C=O) groups excluding carboxylic acids is 1. The summed E-state index contributed by atoms with van der Waals surface area (Å²) in [5.41, 5.74) is -0.956. The molecule has 1 aromatic rings. The minimum Gasteiger partial charge on any atom is -0.316 e. The van der Waals surface area contributed by atoms with Gasteiger partial charge in [0.1, 0.15) is 0 Å². The first kappa shape index (κ1) is 16.0. The number of nitrogens with one attached hydrogen (secondary N) is 1. The van der Waals surface area contributed by atoms with E-state index in [-0.39, 0.29) is 11.7 Å². The van der Waals surface area contributed by atoms with Gasteiger partial charge >= 0.3 is 6.18 Å². The minimum atomic E-state index is -4.37. The van der Waals surface area contributed by atoms with Gasteiger partial charge in [0.05, 0.1) is 5.56 Å². The van der Waals surface area contributed by atoms with Gasteiger partial charge in [0, 0.05) is 11.0 Å². The van der Waals surface area contributed by atoms with E-state index in [1.54, 1.807) is 0 Å². The smallest absolute Gasteiger partial charge is 0.316 e. The lowest BCUT2D eigenvalue weighted by molar-refractivity contribution is -0.137. The zero-order valence-corrected chi connectivity index (χ0v) is 12.3. The van der Waals surface area contributed by atoms with Gasteiger partial charge in [-0.3, -0.25) is 4.79 Å². The number of hydrogen-bond donors (Lipinski definition) is 1. The number of carbonyl (C=O) groups is 1. The highest BCUT2D eigenvalue weighted by molar-refractivity contribution is 6.00. The largest absolute Gasteiger partial charge is 0.416 e. The number of rotatable bonds is 3. The molecule has 0 amide bonds. The molecular weight excluding hydrogens is 279 g/mol. The van der Waals surface area contributed by atoms with Gasteiger partial charge in [-0.1, -0.05) is 26.0 Å². The van der Waals surface area contributed by atoms with E-state index >= 15 is 0 Å². The Bertz CT molecular complexity index is 499. The van der Waals surface area contributed by atoms with Crippen molar-refractivity contribution in [1.29, 1.82) is 0 Å². The lowest BCUT2D eigenvalue weighted by Gasteiger charge is -2.36. The highest BCUT2D eigenvalue weighted by Gasteiger charge is 2.38. The molecule has 0 aromatic heterocycles. The highest BCUT2D eigenvalue weighted by Crippen LogP contribution is 2.36. The van der Waals surface area contributed by atoms with Crippen molar-refractivity contribution in [3.63, 3.8) is 0 Å². The minimum absolute atomic E-state index is 0.0927. The first-order chi connectivity index (χ1) is 9.73. The van der Waals surface area contributed by atoms with Crippen LogP contribution in [0.5, 0.6) is 0 Å². The molecule has 0 radical (unpaired) electrons. The van der Waals surface area contributed by atoms with Gasteiger partial charge in [-0.2, -0.15) is 13.2 Å². The van der Waals surface area contributed by atoms with Crippen molar-refractivity contribution in [2.24, 2.45) is 11.3 Å². The monoisotopic (exact) mass is 299 g/mol. The van der Waals surface area contributed by atoms with Crippen LogP contribution in [-0.4, -0.2) is 18.9 Å². The predicted octanol–water partition coefficient (Wildman–Crippen LogP) is 3.91. The maximum absolute atomic E-state index is 12.6. The van der Waals surface area contributed by atoms with Crippen molar-refractivity contribution in [1.82, 2.24) is 5.32 Å². The normalized spacial score (nSPS) is 20.3. The van der Waals surface area contributed by atoms with Gasteiger partial charge in [0.15, 0.2) is 5.78 Å². The molecule has 0 bridgehead atoms. The van der Waals surface area contributed by atoms with E-state index in [4.69, 9.17) is 0 Å². The van der Waals surface area contributed by atoms with Crippen molar-refractivity contribution in [3.05, 3.63) is 35.4 Å². The maximum Gasteiger partial charge on any atom is 0.416 e. The standard InChI is InChI=1S/C16H20F3NO/c1-15(2,13-4-3-9-20-10-13)14(21)11-5-7-12(8-6-11)16(17,18)19/h5-8,13,20H,3-4,9-10H2,1-2H3. The highest BCUT2D eigenvalue weighted by atomic mass is 19.4. The van der Waals surface area contributed by atoms with Crippen LogP contribution in [0.4, 0.5) is 13.2 Å². The summed E-state index contributed by atoms with van der Waals surface area (Å²) in [6, 6.07) is 4.51. The number of Topliss-reactive ketones (excluding diaryl/α,β-unsaturated/α-hetero) is 1. The average molecular weight is 299 g/mol. The Morgan fingerprint density at radius 1 is 1.19 bits per heavy atom. The van der Waals surface area contributed by atoms with E-state index < -0.39 is 17.2 Å². The maximum atomic E-state index is 12.6. The fraction of sp³-hybridized carbons (Fsp3) is 0.562. The van der Waals surface area contributed by atoms with Gasteiger partial charge in [0.25, 0.3) is 0 Å². The molecule has 1 aliphatic rings. The van der Waals surface area contributed by atoms with Crippen LogP contribution in [0.1, 0.15) is 42.6 Å². The second kappa shape index (κ2) is 5.79. The van der Waals surface area contributed by atoms with E-state index in [9.17, 15) is 18.0 Å². The Hall–Kier alpha value is -1.36. The van der Waals surface area contributed by atoms with Gasteiger partial charge in [-0.05, 0) is 44.0 Å². The Morgan fingerprint density at radius 2 is 1.81 bits per heavy atom. The summed E-state index contributed by atoms with van der Waals surface area (Å²) < 4.78 is 37.7. The zero-order chi connectivity index (χ0) is 15.7. The van der Waals surface area contributed by atoms with Crippen LogP contribution in [0.2, 0.25) is 0 Å². The third kappa shape index (κ3) is 3.46. The summed E-state index contributed by atoms with van der Waals surface area (Å²) in [5.74, 6) is 0.117. The molecule has 21 heavy (non-hydrogen) atoms. The topological polar surface area (TPSA) is 29.1 Å². The van der Waals surface area contributed by atoms with Crippen molar-refractivity contribution in [2.45, 2.75) is 32.9 Å². The van der Waals surface area contributed by atoms with Crippen LogP contribution < -0.4 is 5.32 Å². The number of hydrogen-bond acceptors (Lipinski definition) is 2. The molecule has 1 heterocycles. The van der Waals surface area contributed by atoms with E-state index in [1.807, 2.05) is 13.8 Å². The molecule has 1 unspecified atom stereocenters. The summed E-state index contributed by atoms with van der Waals surface area (Å²) in [6.45, 7) is 5.50. The van der Waals surface area contributed by atoms with Crippen LogP contribution in [0.15, 0.2) is 24.3 Å². The van der Waals surface area contributed by atoms with Crippen molar-refractivity contribution in [3.8, 4) is 0 Å². The summed E-state index contributed by atoms with van der Waals surface area (Å²) in [5, 5.41) is 3.28.